The molecule has 1 aliphatic heterocycles. The van der Waals surface area contributed by atoms with Crippen molar-refractivity contribution in [1.29, 1.82) is 0 Å². The molecule has 2 aliphatic rings. The van der Waals surface area contributed by atoms with Gasteiger partial charge in [-0.3, -0.25) is 4.99 Å². The molecule has 178 valence electrons. The molecule has 3 atom stereocenters. The van der Waals surface area contributed by atoms with Crippen LogP contribution in [0.2, 0.25) is 5.02 Å². The summed E-state index contributed by atoms with van der Waals surface area (Å²) in [6, 6.07) is 4.03. The van der Waals surface area contributed by atoms with E-state index in [2.05, 4.69) is 4.98 Å². The summed E-state index contributed by atoms with van der Waals surface area (Å²) >= 11 is 6.87. The van der Waals surface area contributed by atoms with Gasteiger partial charge in [-0.25, -0.2) is 4.98 Å². The SMILES string of the molecule is CCOc1cc2c(cc1OC)C(c1nc(N(C)C)nc(N(C)C)c1Cl)=NC1CCC(O)CC21. The summed E-state index contributed by atoms with van der Waals surface area (Å²) in [5, 5.41) is 10.9. The van der Waals surface area contributed by atoms with E-state index < -0.39 is 0 Å². The zero-order valence-corrected chi connectivity index (χ0v) is 20.8. The lowest BCUT2D eigenvalue weighted by molar-refractivity contribution is 0.111. The fourth-order valence-corrected chi connectivity index (χ4v) is 4.98. The van der Waals surface area contributed by atoms with Crippen molar-refractivity contribution >= 4 is 29.1 Å². The molecule has 1 aromatic carbocycles. The standard InChI is InChI=1S/C24H32ClN5O3/c1-7-33-19-11-14-15-10-13(31)8-9-17(15)26-21(16(14)12-18(19)32-6)22-20(25)23(29(2)3)28-24(27-22)30(4)5/h11-13,15,17,31H,7-10H2,1-6H3. The average Bonchev–Trinajstić information content (AvgIpc) is 2.78. The normalized spacial score (nSPS) is 21.6. The molecule has 4 rings (SSSR count). The van der Waals surface area contributed by atoms with Crippen LogP contribution in [0.5, 0.6) is 11.5 Å². The van der Waals surface area contributed by atoms with Crippen LogP contribution in [-0.2, 0) is 0 Å². The number of fused-ring (bicyclic) bond motifs is 3. The highest BCUT2D eigenvalue weighted by Gasteiger charge is 2.38. The molecule has 2 heterocycles. The molecule has 0 saturated heterocycles. The number of anilines is 2. The molecule has 0 bridgehead atoms. The van der Waals surface area contributed by atoms with Crippen molar-refractivity contribution in [2.24, 2.45) is 4.99 Å². The van der Waals surface area contributed by atoms with E-state index in [-0.39, 0.29) is 18.1 Å². The summed E-state index contributed by atoms with van der Waals surface area (Å²) in [6.07, 6.45) is 1.85. The fourth-order valence-electron chi connectivity index (χ4n) is 4.64. The zero-order valence-electron chi connectivity index (χ0n) is 20.1. The van der Waals surface area contributed by atoms with E-state index in [4.69, 9.17) is 31.1 Å². The molecular formula is C24H32ClN5O3. The van der Waals surface area contributed by atoms with Gasteiger partial charge >= 0.3 is 0 Å². The Labute approximate surface area is 200 Å². The Bertz CT molecular complexity index is 1070. The Kier molecular flexibility index (Phi) is 6.68. The maximum atomic E-state index is 10.4. The van der Waals surface area contributed by atoms with Crippen LogP contribution in [0.1, 0.15) is 48.9 Å². The minimum Gasteiger partial charge on any atom is -0.493 e. The molecule has 1 saturated carbocycles. The van der Waals surface area contributed by atoms with Crippen LogP contribution in [0.3, 0.4) is 0 Å². The number of methoxy groups -OCH3 is 1. The third kappa shape index (κ3) is 4.34. The van der Waals surface area contributed by atoms with Crippen LogP contribution in [0.4, 0.5) is 11.8 Å². The number of rotatable bonds is 6. The second-order valence-electron chi connectivity index (χ2n) is 8.94. The third-order valence-corrected chi connectivity index (χ3v) is 6.59. The van der Waals surface area contributed by atoms with Crippen molar-refractivity contribution in [2.75, 3.05) is 51.7 Å². The monoisotopic (exact) mass is 473 g/mol. The number of halogens is 1. The third-order valence-electron chi connectivity index (χ3n) is 6.24. The van der Waals surface area contributed by atoms with Crippen LogP contribution >= 0.6 is 11.6 Å². The van der Waals surface area contributed by atoms with Crippen LogP contribution in [0, 0.1) is 0 Å². The number of hydrogen-bond donors (Lipinski definition) is 1. The van der Waals surface area contributed by atoms with Gasteiger partial charge in [-0.15, -0.1) is 0 Å². The Morgan fingerprint density at radius 1 is 1.09 bits per heavy atom. The first-order valence-electron chi connectivity index (χ1n) is 11.3. The Balaban J connectivity index is 1.97. The lowest BCUT2D eigenvalue weighted by Gasteiger charge is -2.37. The van der Waals surface area contributed by atoms with E-state index in [1.54, 1.807) is 7.11 Å². The first-order chi connectivity index (χ1) is 15.7. The minimum atomic E-state index is -0.336. The Morgan fingerprint density at radius 2 is 1.85 bits per heavy atom. The van der Waals surface area contributed by atoms with Gasteiger partial charge < -0.3 is 24.4 Å². The van der Waals surface area contributed by atoms with Gasteiger partial charge in [-0.1, -0.05) is 11.6 Å². The Hall–Kier alpha value is -2.58. The molecule has 1 fully saturated rings. The van der Waals surface area contributed by atoms with Crippen LogP contribution in [0.25, 0.3) is 0 Å². The highest BCUT2D eigenvalue weighted by molar-refractivity contribution is 6.37. The number of aliphatic hydroxyl groups is 1. The van der Waals surface area contributed by atoms with Crippen molar-refractivity contribution in [3.8, 4) is 11.5 Å². The van der Waals surface area contributed by atoms with Gasteiger partial charge in [-0.05, 0) is 43.9 Å². The number of hydrogen-bond acceptors (Lipinski definition) is 8. The summed E-state index contributed by atoms with van der Waals surface area (Å²) in [5.74, 6) is 2.61. The largest absolute Gasteiger partial charge is 0.493 e. The number of benzene rings is 1. The first-order valence-corrected chi connectivity index (χ1v) is 11.7. The first kappa shape index (κ1) is 23.6. The molecule has 1 aromatic heterocycles. The highest BCUT2D eigenvalue weighted by Crippen LogP contribution is 2.45. The number of aliphatic imine (C=N–C) groups is 1. The van der Waals surface area contributed by atoms with Gasteiger partial charge in [0.1, 0.15) is 10.7 Å². The summed E-state index contributed by atoms with van der Waals surface area (Å²) in [4.78, 5) is 18.3. The van der Waals surface area contributed by atoms with Gasteiger partial charge in [0.25, 0.3) is 0 Å². The van der Waals surface area contributed by atoms with Gasteiger partial charge in [0.2, 0.25) is 5.95 Å². The van der Waals surface area contributed by atoms with Crippen molar-refractivity contribution in [2.45, 2.75) is 44.2 Å². The van der Waals surface area contributed by atoms with Crippen molar-refractivity contribution in [3.05, 3.63) is 34.0 Å². The second kappa shape index (κ2) is 9.35. The summed E-state index contributed by atoms with van der Waals surface area (Å²) in [5.41, 5.74) is 3.31. The van der Waals surface area contributed by atoms with E-state index in [0.717, 1.165) is 29.7 Å². The highest BCUT2D eigenvalue weighted by atomic mass is 35.5. The molecule has 1 aliphatic carbocycles. The molecular weight excluding hydrogens is 442 g/mol. The molecule has 1 N–H and O–H groups in total. The average molecular weight is 474 g/mol. The maximum absolute atomic E-state index is 10.4. The quantitative estimate of drug-likeness (QED) is 0.687. The number of aliphatic hydroxyl groups excluding tert-OH is 1. The van der Waals surface area contributed by atoms with Crippen molar-refractivity contribution < 1.29 is 14.6 Å². The summed E-state index contributed by atoms with van der Waals surface area (Å²) in [6.45, 7) is 2.48. The molecule has 33 heavy (non-hydrogen) atoms. The van der Waals surface area contributed by atoms with Gasteiger partial charge in [-0.2, -0.15) is 4.98 Å². The van der Waals surface area contributed by atoms with E-state index in [1.807, 2.05) is 57.0 Å². The summed E-state index contributed by atoms with van der Waals surface area (Å²) in [7, 11) is 9.25. The molecule has 9 heteroatoms. The lowest BCUT2D eigenvalue weighted by atomic mass is 9.74. The van der Waals surface area contributed by atoms with E-state index in [9.17, 15) is 5.11 Å². The predicted octanol–water partition coefficient (Wildman–Crippen LogP) is 3.52. The molecule has 3 unspecified atom stereocenters. The van der Waals surface area contributed by atoms with E-state index in [1.165, 1.54) is 0 Å². The Morgan fingerprint density at radius 3 is 2.48 bits per heavy atom. The maximum Gasteiger partial charge on any atom is 0.227 e. The van der Waals surface area contributed by atoms with E-state index in [0.29, 0.717) is 47.0 Å². The van der Waals surface area contributed by atoms with Crippen molar-refractivity contribution in [3.63, 3.8) is 0 Å². The molecule has 8 nitrogen and oxygen atoms in total. The topological polar surface area (TPSA) is 83.3 Å². The van der Waals surface area contributed by atoms with E-state index >= 15 is 0 Å². The molecule has 0 radical (unpaired) electrons. The van der Waals surface area contributed by atoms with Crippen molar-refractivity contribution in [1.82, 2.24) is 9.97 Å². The number of nitrogens with zero attached hydrogens (tertiary/aromatic N) is 5. The second-order valence-corrected chi connectivity index (χ2v) is 9.32. The van der Waals surface area contributed by atoms with Crippen LogP contribution < -0.4 is 19.3 Å². The van der Waals surface area contributed by atoms with Crippen LogP contribution in [-0.4, -0.2) is 74.8 Å². The fraction of sp³-hybridized carbons (Fsp3) is 0.542. The minimum absolute atomic E-state index is 0.0374. The molecule has 2 aromatic rings. The van der Waals surface area contributed by atoms with Gasteiger partial charge in [0, 0.05) is 39.7 Å². The van der Waals surface area contributed by atoms with Gasteiger partial charge in [0.15, 0.2) is 17.3 Å². The van der Waals surface area contributed by atoms with Crippen LogP contribution in [0.15, 0.2) is 17.1 Å². The number of aromatic nitrogens is 2. The lowest BCUT2D eigenvalue weighted by Crippen LogP contribution is -2.35. The van der Waals surface area contributed by atoms with Gasteiger partial charge in [0.05, 0.1) is 31.6 Å². The zero-order chi connectivity index (χ0) is 23.9. The predicted molar refractivity (Wildman–Crippen MR) is 132 cm³/mol. The number of ether oxygens (including phenoxy) is 2. The molecule has 0 spiro atoms. The molecule has 0 amide bonds. The summed E-state index contributed by atoms with van der Waals surface area (Å²) < 4.78 is 11.5. The smallest absolute Gasteiger partial charge is 0.227 e.